The lowest BCUT2D eigenvalue weighted by molar-refractivity contribution is -0.673. The molecule has 1 saturated carbocycles. The third-order valence-corrected chi connectivity index (χ3v) is 5.76. The van der Waals surface area contributed by atoms with E-state index in [9.17, 15) is 9.59 Å². The summed E-state index contributed by atoms with van der Waals surface area (Å²) in [5, 5.41) is 6.17. The molecule has 2 N–H and O–H groups in total. The average Bonchev–Trinajstić information content (AvgIpc) is 3.19. The lowest BCUT2D eigenvalue weighted by Crippen LogP contribution is -2.43. The van der Waals surface area contributed by atoms with E-state index >= 15 is 0 Å². The Bertz CT molecular complexity index is 746. The maximum atomic E-state index is 12.5. The molecule has 2 aromatic heterocycles. The van der Waals surface area contributed by atoms with E-state index in [0.29, 0.717) is 36.6 Å². The fourth-order valence-electron chi connectivity index (χ4n) is 4.23. The molecule has 0 bridgehead atoms. The molecule has 1 aliphatic carbocycles. The van der Waals surface area contributed by atoms with Crippen LogP contribution < -0.4 is 19.8 Å². The van der Waals surface area contributed by atoms with Crippen molar-refractivity contribution in [3.63, 3.8) is 0 Å². The monoisotopic (exact) mass is 388 g/mol. The van der Waals surface area contributed by atoms with Crippen LogP contribution in [0.4, 0.5) is 0 Å². The summed E-state index contributed by atoms with van der Waals surface area (Å²) < 4.78 is 7.33. The third-order valence-electron chi connectivity index (χ3n) is 5.76. The number of hydrogen-bond acceptors (Lipinski definition) is 2. The zero-order valence-corrected chi connectivity index (χ0v) is 17.3. The van der Waals surface area contributed by atoms with Gasteiger partial charge >= 0.3 is 23.5 Å². The summed E-state index contributed by atoms with van der Waals surface area (Å²) in [5.41, 5.74) is 0. The van der Waals surface area contributed by atoms with Gasteiger partial charge in [0.05, 0.1) is 28.2 Å². The molecule has 3 rings (SSSR count). The molecule has 1 fully saturated rings. The van der Waals surface area contributed by atoms with Crippen LogP contribution in [0, 0.1) is 11.8 Å². The first kappa shape index (κ1) is 20.1. The normalized spacial score (nSPS) is 19.4. The van der Waals surface area contributed by atoms with Gasteiger partial charge in [-0.2, -0.15) is 0 Å². The summed E-state index contributed by atoms with van der Waals surface area (Å²) in [6.07, 6.45) is 11.9. The number of imidazole rings is 2. The Kier molecular flexibility index (Phi) is 6.16. The molecule has 2 heterocycles. The van der Waals surface area contributed by atoms with E-state index in [1.165, 1.54) is 0 Å². The number of nitrogens with one attached hydrogen (secondary N) is 2. The predicted octanol–water partition coefficient (Wildman–Crippen LogP) is -0.0212. The van der Waals surface area contributed by atoms with Crippen molar-refractivity contribution < 1.29 is 18.7 Å². The lowest BCUT2D eigenvalue weighted by Gasteiger charge is -2.29. The topological polar surface area (TPSA) is 75.8 Å². The molecule has 1 aliphatic rings. The Morgan fingerprint density at radius 1 is 0.929 bits per heavy atom. The summed E-state index contributed by atoms with van der Waals surface area (Å²) in [6.45, 7) is 1.36. The van der Waals surface area contributed by atoms with Gasteiger partial charge in [-0.3, -0.25) is 9.59 Å². The second kappa shape index (κ2) is 8.58. The van der Waals surface area contributed by atoms with Crippen molar-refractivity contribution in [3.8, 4) is 0 Å². The van der Waals surface area contributed by atoms with Crippen LogP contribution in [0.1, 0.15) is 46.9 Å². The maximum Gasteiger partial charge on any atom is 0.347 e. The number of rotatable bonds is 6. The number of amides is 2. The first-order valence-electron chi connectivity index (χ1n) is 9.95. The van der Waals surface area contributed by atoms with Gasteiger partial charge in [0.2, 0.25) is 0 Å². The Morgan fingerprint density at radius 2 is 1.36 bits per heavy atom. The van der Waals surface area contributed by atoms with Crippen LogP contribution in [0.25, 0.3) is 0 Å². The van der Waals surface area contributed by atoms with Crippen LogP contribution in [0.5, 0.6) is 0 Å². The number of aromatic nitrogens is 4. The summed E-state index contributed by atoms with van der Waals surface area (Å²) in [7, 11) is 7.50. The fraction of sp³-hybridized carbons (Fsp3) is 0.600. The van der Waals surface area contributed by atoms with E-state index in [1.54, 1.807) is 0 Å². The van der Waals surface area contributed by atoms with Crippen LogP contribution in [0.15, 0.2) is 24.8 Å². The van der Waals surface area contributed by atoms with Gasteiger partial charge in [-0.05, 0) is 31.1 Å². The minimum absolute atomic E-state index is 0.0402. The highest BCUT2D eigenvalue weighted by molar-refractivity contribution is 5.89. The zero-order valence-electron chi connectivity index (χ0n) is 17.3. The van der Waals surface area contributed by atoms with E-state index in [2.05, 4.69) is 10.6 Å². The summed E-state index contributed by atoms with van der Waals surface area (Å²) >= 11 is 0. The van der Waals surface area contributed by atoms with Gasteiger partial charge in [-0.1, -0.05) is 6.42 Å². The van der Waals surface area contributed by atoms with Crippen LogP contribution in [0.3, 0.4) is 0 Å². The van der Waals surface area contributed by atoms with Gasteiger partial charge in [-0.15, -0.1) is 0 Å². The van der Waals surface area contributed by atoms with Gasteiger partial charge in [0.1, 0.15) is 24.8 Å². The predicted molar refractivity (Wildman–Crippen MR) is 103 cm³/mol. The van der Waals surface area contributed by atoms with Crippen molar-refractivity contribution >= 4 is 11.8 Å². The van der Waals surface area contributed by atoms with Crippen molar-refractivity contribution in [2.45, 2.75) is 25.7 Å². The molecule has 0 saturated heterocycles. The molecule has 2 aromatic rings. The highest BCUT2D eigenvalue weighted by Crippen LogP contribution is 2.28. The molecule has 2 atom stereocenters. The standard InChI is InChI=1S/C20H30N6O2/c1-23-8-9-24(2)19(23)17(27)21-13-15-6-5-7-16(12-15)14-22-18(28)20-25(3)10-11-26(20)4/h8-11,15-16H,5-7,12-14H2,1-4H3/p+2. The largest absolute Gasteiger partial charge is 0.347 e. The van der Waals surface area contributed by atoms with Crippen molar-refractivity contribution in [1.29, 1.82) is 0 Å². The molecule has 0 radical (unpaired) electrons. The second-order valence-corrected chi connectivity index (χ2v) is 8.01. The number of carbonyl (C=O) groups excluding carboxylic acids is 2. The minimum atomic E-state index is -0.0402. The average molecular weight is 389 g/mol. The molecular formula is C20H32N6O2+2. The van der Waals surface area contributed by atoms with Crippen molar-refractivity contribution in [2.75, 3.05) is 13.1 Å². The molecule has 0 aromatic carbocycles. The molecular weight excluding hydrogens is 356 g/mol. The van der Waals surface area contributed by atoms with Gasteiger partial charge in [0.25, 0.3) is 0 Å². The molecule has 8 heteroatoms. The van der Waals surface area contributed by atoms with E-state index < -0.39 is 0 Å². The van der Waals surface area contributed by atoms with Crippen molar-refractivity contribution in [1.82, 2.24) is 19.8 Å². The van der Waals surface area contributed by atoms with Gasteiger partial charge in [0, 0.05) is 13.1 Å². The molecule has 152 valence electrons. The quantitative estimate of drug-likeness (QED) is 0.683. The van der Waals surface area contributed by atoms with Crippen molar-refractivity contribution in [3.05, 3.63) is 36.4 Å². The second-order valence-electron chi connectivity index (χ2n) is 8.01. The van der Waals surface area contributed by atoms with Gasteiger partial charge < -0.3 is 10.6 Å². The molecule has 0 spiro atoms. The lowest BCUT2D eigenvalue weighted by atomic mass is 9.81. The Hall–Kier alpha value is -2.64. The summed E-state index contributed by atoms with van der Waals surface area (Å²) in [4.78, 5) is 24.9. The van der Waals surface area contributed by atoms with E-state index in [0.717, 1.165) is 25.7 Å². The van der Waals surface area contributed by atoms with Gasteiger partial charge in [0.15, 0.2) is 0 Å². The first-order valence-corrected chi connectivity index (χ1v) is 9.95. The number of nitrogens with zero attached hydrogens (tertiary/aromatic N) is 4. The number of carbonyl (C=O) groups is 2. The molecule has 28 heavy (non-hydrogen) atoms. The van der Waals surface area contributed by atoms with Crippen LogP contribution >= 0.6 is 0 Å². The maximum absolute atomic E-state index is 12.5. The number of hydrogen-bond donors (Lipinski definition) is 2. The molecule has 2 unspecified atom stereocenters. The Balaban J connectivity index is 1.48. The highest BCUT2D eigenvalue weighted by Gasteiger charge is 2.27. The fourth-order valence-corrected chi connectivity index (χ4v) is 4.23. The first-order chi connectivity index (χ1) is 13.4. The van der Waals surface area contributed by atoms with E-state index in [1.807, 2.05) is 71.2 Å². The Morgan fingerprint density at radius 3 is 1.71 bits per heavy atom. The van der Waals surface area contributed by atoms with Crippen molar-refractivity contribution in [2.24, 2.45) is 40.0 Å². The van der Waals surface area contributed by atoms with E-state index in [4.69, 9.17) is 0 Å². The van der Waals surface area contributed by atoms with Crippen LogP contribution in [-0.4, -0.2) is 34.0 Å². The molecule has 2 amide bonds. The zero-order chi connectivity index (χ0) is 20.3. The SMILES string of the molecule is Cn1cc[n+](C)c1C(=O)NCC1CCCC(CNC(=O)c2n(C)cc[n+]2C)C1. The summed E-state index contributed by atoms with van der Waals surface area (Å²) in [5.74, 6) is 2.13. The van der Waals surface area contributed by atoms with Crippen LogP contribution in [0.2, 0.25) is 0 Å². The smallest absolute Gasteiger partial charge is 0.345 e. The summed E-state index contributed by atoms with van der Waals surface area (Å²) in [6, 6.07) is 0. The molecule has 0 aliphatic heterocycles. The minimum Gasteiger partial charge on any atom is -0.345 e. The van der Waals surface area contributed by atoms with Gasteiger partial charge in [-0.25, -0.2) is 18.3 Å². The van der Waals surface area contributed by atoms with E-state index in [-0.39, 0.29) is 11.8 Å². The van der Waals surface area contributed by atoms with Crippen LogP contribution in [-0.2, 0) is 28.2 Å². The number of aryl methyl sites for hydroxylation is 4. The Labute approximate surface area is 166 Å². The third kappa shape index (κ3) is 4.43. The highest BCUT2D eigenvalue weighted by atomic mass is 16.2. The molecule has 8 nitrogen and oxygen atoms in total.